The molecule has 0 spiro atoms. The maximum Gasteiger partial charge on any atom is 0.252 e. The van der Waals surface area contributed by atoms with E-state index in [-0.39, 0.29) is 11.9 Å². The number of rotatable bonds is 8. The lowest BCUT2D eigenvalue weighted by Gasteiger charge is -2.22. The Morgan fingerprint density at radius 1 is 0.968 bits per heavy atom. The Morgan fingerprint density at radius 3 is 2.23 bits per heavy atom. The lowest BCUT2D eigenvalue weighted by molar-refractivity contribution is -0.116. The molecule has 0 aromatic heterocycles. The summed E-state index contributed by atoms with van der Waals surface area (Å²) in [4.78, 5) is 13.5. The van der Waals surface area contributed by atoms with Crippen molar-refractivity contribution in [3.8, 4) is 5.75 Å². The average molecular weight is 434 g/mol. The summed E-state index contributed by atoms with van der Waals surface area (Å²) in [6, 6.07) is 24.9. The molecule has 0 fully saturated rings. The quantitative estimate of drug-likeness (QED) is 0.313. The molecule has 1 amide bonds. The van der Waals surface area contributed by atoms with Crippen LogP contribution < -0.4 is 10.1 Å². The standard InChI is InChI=1S/C27H28ClNO2/c1-19(2)17-26(21-13-15-23(31-3)16-14-21)29-27(30)24(20-9-5-4-6-10-20)18-22-11-7-8-12-25(22)28/h4-16,18-19,26H,17H2,1-3H3,(H,29,30)/b24-18+/t26-/m1/s1. The van der Waals surface area contributed by atoms with Crippen LogP contribution in [-0.2, 0) is 4.79 Å². The van der Waals surface area contributed by atoms with Gasteiger partial charge in [0.25, 0.3) is 5.91 Å². The first-order valence-electron chi connectivity index (χ1n) is 10.4. The highest BCUT2D eigenvalue weighted by Crippen LogP contribution is 2.27. The van der Waals surface area contributed by atoms with Gasteiger partial charge in [-0.25, -0.2) is 0 Å². The number of benzene rings is 3. The normalized spacial score (nSPS) is 12.5. The van der Waals surface area contributed by atoms with E-state index in [4.69, 9.17) is 16.3 Å². The number of methoxy groups -OCH3 is 1. The Bertz CT molecular complexity index is 1030. The smallest absolute Gasteiger partial charge is 0.252 e. The fraction of sp³-hybridized carbons (Fsp3) is 0.222. The van der Waals surface area contributed by atoms with Crippen LogP contribution in [0.3, 0.4) is 0 Å². The number of ether oxygens (including phenoxy) is 1. The van der Waals surface area contributed by atoms with Gasteiger partial charge >= 0.3 is 0 Å². The molecule has 0 unspecified atom stereocenters. The molecule has 0 radical (unpaired) electrons. The molecule has 0 saturated heterocycles. The average Bonchev–Trinajstić information content (AvgIpc) is 2.78. The highest BCUT2D eigenvalue weighted by atomic mass is 35.5. The molecule has 3 aromatic carbocycles. The van der Waals surface area contributed by atoms with E-state index in [0.29, 0.717) is 16.5 Å². The second-order valence-corrected chi connectivity index (χ2v) is 8.28. The van der Waals surface area contributed by atoms with Gasteiger partial charge in [-0.1, -0.05) is 86.1 Å². The topological polar surface area (TPSA) is 38.3 Å². The second kappa shape index (κ2) is 10.8. The van der Waals surface area contributed by atoms with Crippen molar-refractivity contribution in [3.63, 3.8) is 0 Å². The minimum atomic E-state index is -0.132. The van der Waals surface area contributed by atoms with E-state index in [0.717, 1.165) is 28.9 Å². The third-order valence-corrected chi connectivity index (χ3v) is 5.41. The van der Waals surface area contributed by atoms with Crippen LogP contribution in [-0.4, -0.2) is 13.0 Å². The number of hydrogen-bond donors (Lipinski definition) is 1. The molecule has 1 N–H and O–H groups in total. The van der Waals surface area contributed by atoms with Crippen molar-refractivity contribution < 1.29 is 9.53 Å². The van der Waals surface area contributed by atoms with Gasteiger partial charge in [0.2, 0.25) is 0 Å². The van der Waals surface area contributed by atoms with Crippen LogP contribution in [0, 0.1) is 5.92 Å². The van der Waals surface area contributed by atoms with Gasteiger partial charge in [0, 0.05) is 10.6 Å². The minimum absolute atomic E-state index is 0.114. The van der Waals surface area contributed by atoms with Crippen molar-refractivity contribution >= 4 is 29.2 Å². The van der Waals surface area contributed by atoms with Crippen molar-refractivity contribution in [2.75, 3.05) is 7.11 Å². The summed E-state index contributed by atoms with van der Waals surface area (Å²) in [5.74, 6) is 1.08. The zero-order valence-electron chi connectivity index (χ0n) is 18.1. The van der Waals surface area contributed by atoms with Gasteiger partial charge in [-0.15, -0.1) is 0 Å². The first kappa shape index (κ1) is 22.6. The number of amides is 1. The third kappa shape index (κ3) is 6.22. The highest BCUT2D eigenvalue weighted by molar-refractivity contribution is 6.33. The Hall–Kier alpha value is -3.04. The summed E-state index contributed by atoms with van der Waals surface area (Å²) < 4.78 is 5.28. The van der Waals surface area contributed by atoms with Crippen molar-refractivity contribution in [3.05, 3.63) is 101 Å². The molecule has 3 aromatic rings. The summed E-state index contributed by atoms with van der Waals surface area (Å²) >= 11 is 6.37. The van der Waals surface area contributed by atoms with Crippen LogP contribution in [0.4, 0.5) is 0 Å². The number of halogens is 1. The molecular weight excluding hydrogens is 406 g/mol. The van der Waals surface area contributed by atoms with Crippen LogP contribution >= 0.6 is 11.6 Å². The van der Waals surface area contributed by atoms with Crippen LogP contribution in [0.1, 0.15) is 43.0 Å². The van der Waals surface area contributed by atoms with E-state index in [1.165, 1.54) is 0 Å². The Balaban J connectivity index is 1.96. The van der Waals surface area contributed by atoms with Gasteiger partial charge in [-0.2, -0.15) is 0 Å². The monoisotopic (exact) mass is 433 g/mol. The minimum Gasteiger partial charge on any atom is -0.497 e. The molecule has 31 heavy (non-hydrogen) atoms. The maximum atomic E-state index is 13.5. The van der Waals surface area contributed by atoms with Crippen LogP contribution in [0.25, 0.3) is 11.6 Å². The summed E-state index contributed by atoms with van der Waals surface area (Å²) in [5, 5.41) is 3.86. The number of carbonyl (C=O) groups excluding carboxylic acids is 1. The van der Waals surface area contributed by atoms with Crippen molar-refractivity contribution in [1.82, 2.24) is 5.32 Å². The molecule has 0 aliphatic heterocycles. The van der Waals surface area contributed by atoms with E-state index in [2.05, 4.69) is 19.2 Å². The molecule has 0 bridgehead atoms. The van der Waals surface area contributed by atoms with Gasteiger partial charge in [0.1, 0.15) is 5.75 Å². The third-order valence-electron chi connectivity index (χ3n) is 5.07. The van der Waals surface area contributed by atoms with E-state index in [9.17, 15) is 4.79 Å². The van der Waals surface area contributed by atoms with Gasteiger partial charge < -0.3 is 10.1 Å². The zero-order valence-corrected chi connectivity index (χ0v) is 18.9. The van der Waals surface area contributed by atoms with E-state index in [1.807, 2.05) is 84.9 Å². The SMILES string of the molecule is COc1ccc([C@@H](CC(C)C)NC(=O)/C(=C/c2ccccc2Cl)c2ccccc2)cc1. The molecule has 0 aliphatic rings. The Labute approximate surface area is 189 Å². The van der Waals surface area contributed by atoms with Gasteiger partial charge in [-0.3, -0.25) is 4.79 Å². The molecule has 0 heterocycles. The molecule has 160 valence electrons. The summed E-state index contributed by atoms with van der Waals surface area (Å²) in [5.41, 5.74) is 3.28. The van der Waals surface area contributed by atoms with Gasteiger partial charge in [-0.05, 0) is 53.3 Å². The van der Waals surface area contributed by atoms with E-state index in [1.54, 1.807) is 7.11 Å². The molecule has 0 saturated carbocycles. The molecule has 3 nitrogen and oxygen atoms in total. The second-order valence-electron chi connectivity index (χ2n) is 7.87. The molecular formula is C27H28ClNO2. The van der Waals surface area contributed by atoms with Gasteiger partial charge in [0.05, 0.1) is 13.2 Å². The van der Waals surface area contributed by atoms with E-state index < -0.39 is 0 Å². The largest absolute Gasteiger partial charge is 0.497 e. The van der Waals surface area contributed by atoms with Crippen molar-refractivity contribution in [2.45, 2.75) is 26.3 Å². The number of nitrogens with one attached hydrogen (secondary N) is 1. The Morgan fingerprint density at radius 2 is 1.61 bits per heavy atom. The van der Waals surface area contributed by atoms with Crippen LogP contribution in [0.2, 0.25) is 5.02 Å². The zero-order chi connectivity index (χ0) is 22.2. The van der Waals surface area contributed by atoms with Gasteiger partial charge in [0.15, 0.2) is 0 Å². The predicted molar refractivity (Wildman–Crippen MR) is 129 cm³/mol. The molecule has 1 atom stereocenters. The lowest BCUT2D eigenvalue weighted by Crippen LogP contribution is -2.30. The van der Waals surface area contributed by atoms with E-state index >= 15 is 0 Å². The molecule has 3 rings (SSSR count). The van der Waals surface area contributed by atoms with Crippen LogP contribution in [0.5, 0.6) is 5.75 Å². The number of carbonyl (C=O) groups is 1. The fourth-order valence-electron chi connectivity index (χ4n) is 3.47. The first-order valence-corrected chi connectivity index (χ1v) is 10.8. The molecule has 0 aliphatic carbocycles. The van der Waals surface area contributed by atoms with Crippen molar-refractivity contribution in [2.24, 2.45) is 5.92 Å². The maximum absolute atomic E-state index is 13.5. The number of hydrogen-bond acceptors (Lipinski definition) is 2. The molecule has 4 heteroatoms. The lowest BCUT2D eigenvalue weighted by atomic mass is 9.95. The van der Waals surface area contributed by atoms with Crippen LogP contribution in [0.15, 0.2) is 78.9 Å². The van der Waals surface area contributed by atoms with Crippen molar-refractivity contribution in [1.29, 1.82) is 0 Å². The summed E-state index contributed by atoms with van der Waals surface area (Å²) in [7, 11) is 1.65. The Kier molecular flexibility index (Phi) is 7.91. The summed E-state index contributed by atoms with van der Waals surface area (Å²) in [6.07, 6.45) is 2.68. The fourth-order valence-corrected chi connectivity index (χ4v) is 3.66. The highest BCUT2D eigenvalue weighted by Gasteiger charge is 2.20. The summed E-state index contributed by atoms with van der Waals surface area (Å²) in [6.45, 7) is 4.31. The first-order chi connectivity index (χ1) is 15.0. The predicted octanol–water partition coefficient (Wildman–Crippen LogP) is 6.79.